The Kier molecular flexibility index (Phi) is 5.42. The molecule has 0 saturated carbocycles. The van der Waals surface area contributed by atoms with Gasteiger partial charge in [0, 0.05) is 24.2 Å². The number of fused-ring (bicyclic) bond motifs is 1. The lowest BCUT2D eigenvalue weighted by atomic mass is 10.1. The molecule has 8 nitrogen and oxygen atoms in total. The van der Waals surface area contributed by atoms with Gasteiger partial charge in [-0.1, -0.05) is 30.3 Å². The van der Waals surface area contributed by atoms with E-state index >= 15 is 0 Å². The molecule has 0 aliphatic carbocycles. The summed E-state index contributed by atoms with van der Waals surface area (Å²) in [6.45, 7) is 2.61. The van der Waals surface area contributed by atoms with E-state index in [1.54, 1.807) is 24.7 Å². The summed E-state index contributed by atoms with van der Waals surface area (Å²) in [4.78, 5) is 23.0. The number of para-hydroxylation sites is 2. The number of anilines is 1. The van der Waals surface area contributed by atoms with Gasteiger partial charge < -0.3 is 10.6 Å². The molecule has 1 amide bonds. The number of carbonyl (C=O) groups is 1. The van der Waals surface area contributed by atoms with Gasteiger partial charge in [-0.15, -0.1) is 0 Å². The second kappa shape index (κ2) is 8.47. The van der Waals surface area contributed by atoms with Crippen molar-refractivity contribution in [1.29, 1.82) is 0 Å². The van der Waals surface area contributed by atoms with Crippen LogP contribution in [-0.2, 0) is 0 Å². The quantitative estimate of drug-likeness (QED) is 0.506. The average Bonchev–Trinajstić information content (AvgIpc) is 3.28. The molecule has 2 aromatic carbocycles. The summed E-state index contributed by atoms with van der Waals surface area (Å²) in [7, 11) is 0. The number of carbonyl (C=O) groups excluding carboxylic acids is 1. The maximum Gasteiger partial charge on any atom is 0.253 e. The molecular weight excluding hydrogens is 366 g/mol. The predicted molar refractivity (Wildman–Crippen MR) is 111 cm³/mol. The molecule has 0 fully saturated rings. The summed E-state index contributed by atoms with van der Waals surface area (Å²) in [5.41, 5.74) is 2.07. The lowest BCUT2D eigenvalue weighted by molar-refractivity contribution is 0.0938. The summed E-state index contributed by atoms with van der Waals surface area (Å²) in [6.07, 6.45) is 5.69. The van der Waals surface area contributed by atoms with Gasteiger partial charge in [-0.05, 0) is 31.5 Å². The first-order chi connectivity index (χ1) is 14.2. The Bertz CT molecular complexity index is 1110. The second-order valence-electron chi connectivity index (χ2n) is 6.68. The number of hydrogen-bond acceptors (Lipinski definition) is 6. The molecule has 146 valence electrons. The van der Waals surface area contributed by atoms with Crippen LogP contribution in [0.15, 0.2) is 67.1 Å². The van der Waals surface area contributed by atoms with Crippen molar-refractivity contribution in [2.75, 3.05) is 11.9 Å². The smallest absolute Gasteiger partial charge is 0.253 e. The number of nitrogens with one attached hydrogen (secondary N) is 2. The minimum Gasteiger partial charge on any atom is -0.354 e. The Labute approximate surface area is 168 Å². The van der Waals surface area contributed by atoms with Gasteiger partial charge >= 0.3 is 0 Å². The monoisotopic (exact) mass is 387 g/mol. The fraction of sp³-hybridized carbons (Fsp3) is 0.190. The van der Waals surface area contributed by atoms with Gasteiger partial charge in [0.1, 0.15) is 0 Å². The number of nitrogens with zero attached hydrogens (tertiary/aromatic N) is 5. The largest absolute Gasteiger partial charge is 0.354 e. The van der Waals surface area contributed by atoms with Crippen molar-refractivity contribution in [1.82, 2.24) is 30.3 Å². The van der Waals surface area contributed by atoms with Gasteiger partial charge in [0.05, 0.1) is 29.2 Å². The molecule has 0 spiro atoms. The van der Waals surface area contributed by atoms with Gasteiger partial charge in [-0.3, -0.25) is 4.79 Å². The SMILES string of the molecule is CC(CCNc1ncc2ccccc2n1)NC(=O)c1ccccc1-n1nccn1. The lowest BCUT2D eigenvalue weighted by Gasteiger charge is -2.16. The maximum atomic E-state index is 12.7. The molecule has 29 heavy (non-hydrogen) atoms. The Morgan fingerprint density at radius 1 is 1.07 bits per heavy atom. The molecule has 8 heteroatoms. The number of amides is 1. The van der Waals surface area contributed by atoms with E-state index in [4.69, 9.17) is 0 Å². The van der Waals surface area contributed by atoms with E-state index in [1.807, 2.05) is 49.4 Å². The van der Waals surface area contributed by atoms with E-state index in [9.17, 15) is 4.79 Å². The topological polar surface area (TPSA) is 97.6 Å². The highest BCUT2D eigenvalue weighted by atomic mass is 16.1. The normalized spacial score (nSPS) is 11.9. The predicted octanol–water partition coefficient (Wildman–Crippen LogP) is 2.83. The third-order valence-corrected chi connectivity index (χ3v) is 4.51. The van der Waals surface area contributed by atoms with Gasteiger partial charge in [0.15, 0.2) is 0 Å². The van der Waals surface area contributed by atoms with E-state index < -0.39 is 0 Å². The number of hydrogen-bond donors (Lipinski definition) is 2. The number of benzene rings is 2. The minimum atomic E-state index is -0.160. The van der Waals surface area contributed by atoms with Crippen LogP contribution in [0.4, 0.5) is 5.95 Å². The van der Waals surface area contributed by atoms with Gasteiger partial charge in [-0.25, -0.2) is 9.97 Å². The summed E-state index contributed by atoms with van der Waals surface area (Å²) in [5, 5.41) is 15.5. The maximum absolute atomic E-state index is 12.7. The van der Waals surface area contributed by atoms with Crippen LogP contribution in [0.2, 0.25) is 0 Å². The van der Waals surface area contributed by atoms with E-state index in [0.717, 1.165) is 17.3 Å². The standard InChI is InChI=1S/C21H21N7O/c1-15(10-11-22-21-23-14-16-6-2-4-8-18(16)27-21)26-20(29)17-7-3-5-9-19(17)28-24-12-13-25-28/h2-9,12-15H,10-11H2,1H3,(H,26,29)(H,22,23,27). The van der Waals surface area contributed by atoms with Crippen molar-refractivity contribution in [2.45, 2.75) is 19.4 Å². The van der Waals surface area contributed by atoms with Crippen LogP contribution in [0, 0.1) is 0 Å². The Hall–Kier alpha value is -3.81. The lowest BCUT2D eigenvalue weighted by Crippen LogP contribution is -2.34. The molecule has 0 aliphatic heterocycles. The zero-order valence-electron chi connectivity index (χ0n) is 16.0. The van der Waals surface area contributed by atoms with E-state index in [0.29, 0.717) is 23.7 Å². The van der Waals surface area contributed by atoms with Crippen LogP contribution in [0.25, 0.3) is 16.6 Å². The second-order valence-corrected chi connectivity index (χ2v) is 6.68. The van der Waals surface area contributed by atoms with Crippen LogP contribution in [-0.4, -0.2) is 43.5 Å². The summed E-state index contributed by atoms with van der Waals surface area (Å²) < 4.78 is 0. The molecule has 2 heterocycles. The van der Waals surface area contributed by atoms with Crippen molar-refractivity contribution >= 4 is 22.8 Å². The van der Waals surface area contributed by atoms with Crippen molar-refractivity contribution in [2.24, 2.45) is 0 Å². The van der Waals surface area contributed by atoms with E-state index in [2.05, 4.69) is 30.8 Å². The first kappa shape index (κ1) is 18.5. The Balaban J connectivity index is 1.34. The third-order valence-electron chi connectivity index (χ3n) is 4.51. The van der Waals surface area contributed by atoms with E-state index in [-0.39, 0.29) is 11.9 Å². The molecule has 0 saturated heterocycles. The molecule has 0 bridgehead atoms. The minimum absolute atomic E-state index is 0.0332. The van der Waals surface area contributed by atoms with Crippen LogP contribution < -0.4 is 10.6 Å². The molecule has 0 aliphatic rings. The molecule has 1 atom stereocenters. The fourth-order valence-corrected chi connectivity index (χ4v) is 3.01. The third kappa shape index (κ3) is 4.37. The van der Waals surface area contributed by atoms with E-state index in [1.165, 1.54) is 4.80 Å². The van der Waals surface area contributed by atoms with Crippen molar-refractivity contribution in [3.63, 3.8) is 0 Å². The highest BCUT2D eigenvalue weighted by molar-refractivity contribution is 5.97. The molecule has 2 N–H and O–H groups in total. The first-order valence-corrected chi connectivity index (χ1v) is 9.43. The molecular formula is C21H21N7O. The Morgan fingerprint density at radius 2 is 1.83 bits per heavy atom. The van der Waals surface area contributed by atoms with Crippen LogP contribution in [0.5, 0.6) is 0 Å². The molecule has 4 rings (SSSR count). The number of aromatic nitrogens is 5. The first-order valence-electron chi connectivity index (χ1n) is 9.43. The highest BCUT2D eigenvalue weighted by Gasteiger charge is 2.15. The number of rotatable bonds is 7. The zero-order chi connectivity index (χ0) is 20.1. The van der Waals surface area contributed by atoms with Gasteiger partial charge in [0.25, 0.3) is 5.91 Å². The van der Waals surface area contributed by atoms with Crippen LogP contribution in [0.3, 0.4) is 0 Å². The Morgan fingerprint density at radius 3 is 2.69 bits per heavy atom. The molecule has 4 aromatic rings. The van der Waals surface area contributed by atoms with Gasteiger partial charge in [0.2, 0.25) is 5.95 Å². The van der Waals surface area contributed by atoms with Crippen molar-refractivity contribution in [3.8, 4) is 5.69 Å². The summed E-state index contributed by atoms with van der Waals surface area (Å²) in [6, 6.07) is 15.1. The van der Waals surface area contributed by atoms with Crippen LogP contribution >= 0.6 is 0 Å². The molecule has 1 unspecified atom stereocenters. The fourth-order valence-electron chi connectivity index (χ4n) is 3.01. The summed E-state index contributed by atoms with van der Waals surface area (Å²) in [5.74, 6) is 0.421. The van der Waals surface area contributed by atoms with Crippen molar-refractivity contribution in [3.05, 3.63) is 72.7 Å². The molecule has 0 radical (unpaired) electrons. The molecule has 2 aromatic heterocycles. The van der Waals surface area contributed by atoms with Gasteiger partial charge in [-0.2, -0.15) is 15.0 Å². The summed E-state index contributed by atoms with van der Waals surface area (Å²) >= 11 is 0. The van der Waals surface area contributed by atoms with Crippen LogP contribution in [0.1, 0.15) is 23.7 Å². The van der Waals surface area contributed by atoms with Crippen molar-refractivity contribution < 1.29 is 4.79 Å². The zero-order valence-corrected chi connectivity index (χ0v) is 16.0. The average molecular weight is 387 g/mol. The highest BCUT2D eigenvalue weighted by Crippen LogP contribution is 2.13.